The number of aromatic nitrogens is 2. The van der Waals surface area contributed by atoms with Gasteiger partial charge in [0.2, 0.25) is 5.13 Å². The average Bonchev–Trinajstić information content (AvgIpc) is 3.20. The summed E-state index contributed by atoms with van der Waals surface area (Å²) >= 11 is 1.38. The number of para-hydroxylation sites is 1. The normalized spacial score (nSPS) is 10.7. The smallest absolute Gasteiger partial charge is 0.203 e. The van der Waals surface area contributed by atoms with Crippen LogP contribution in [0.3, 0.4) is 0 Å². The molecule has 5 nitrogen and oxygen atoms in total. The van der Waals surface area contributed by atoms with Gasteiger partial charge in [0.25, 0.3) is 0 Å². The minimum Gasteiger partial charge on any atom is -0.494 e. The number of anilines is 3. The summed E-state index contributed by atoms with van der Waals surface area (Å²) in [6.07, 6.45) is 1.000. The zero-order chi connectivity index (χ0) is 20.1. The van der Waals surface area contributed by atoms with Crippen LogP contribution in [0.1, 0.15) is 13.3 Å². The van der Waals surface area contributed by atoms with Gasteiger partial charge in [-0.25, -0.2) is 0 Å². The highest BCUT2D eigenvalue weighted by Gasteiger charge is 2.07. The lowest BCUT2D eigenvalue weighted by Gasteiger charge is -2.13. The van der Waals surface area contributed by atoms with Gasteiger partial charge in [0, 0.05) is 22.5 Å². The number of hydrogen-bond acceptors (Lipinski definition) is 6. The summed E-state index contributed by atoms with van der Waals surface area (Å²) in [5, 5.41) is 12.8. The Bertz CT molecular complexity index is 1070. The Labute approximate surface area is 174 Å². The lowest BCUT2D eigenvalue weighted by Crippen LogP contribution is -1.95. The van der Waals surface area contributed by atoms with Gasteiger partial charge in [-0.3, -0.25) is 0 Å². The van der Waals surface area contributed by atoms with E-state index in [0.717, 1.165) is 51.8 Å². The van der Waals surface area contributed by atoms with E-state index in [0.29, 0.717) is 5.13 Å². The Kier molecular flexibility index (Phi) is 5.72. The molecule has 0 saturated carbocycles. The molecule has 0 amide bonds. The van der Waals surface area contributed by atoms with Gasteiger partial charge < -0.3 is 15.8 Å². The fourth-order valence-electron chi connectivity index (χ4n) is 3.00. The lowest BCUT2D eigenvalue weighted by molar-refractivity contribution is 0.317. The van der Waals surface area contributed by atoms with Crippen molar-refractivity contribution in [1.29, 1.82) is 0 Å². The zero-order valence-electron chi connectivity index (χ0n) is 16.1. The van der Waals surface area contributed by atoms with Crippen LogP contribution in [0.5, 0.6) is 5.75 Å². The molecule has 0 spiro atoms. The quantitative estimate of drug-likeness (QED) is 0.397. The Morgan fingerprint density at radius 3 is 2.31 bits per heavy atom. The molecule has 0 aliphatic heterocycles. The maximum Gasteiger partial charge on any atom is 0.203 e. The van der Waals surface area contributed by atoms with Crippen LogP contribution in [-0.2, 0) is 0 Å². The molecule has 29 heavy (non-hydrogen) atoms. The highest BCUT2D eigenvalue weighted by Crippen LogP contribution is 2.32. The van der Waals surface area contributed by atoms with E-state index in [9.17, 15) is 0 Å². The molecule has 6 heteroatoms. The predicted octanol–water partition coefficient (Wildman–Crippen LogP) is 5.99. The van der Waals surface area contributed by atoms with Gasteiger partial charge in [-0.2, -0.15) is 0 Å². The van der Waals surface area contributed by atoms with E-state index >= 15 is 0 Å². The standard InChI is InChI=1S/C23H22N4OS/c1-2-15-28-19-13-9-16(10-14-19)20-5-3-4-6-21(20)25-18-11-7-17(8-12-18)22-26-27-23(24)29-22/h3-14,25H,2,15H2,1H3,(H2,24,27). The SMILES string of the molecule is CCCOc1ccc(-c2ccccc2Nc2ccc(-c3nnc(N)s3)cc2)cc1. The second-order valence-corrected chi connectivity index (χ2v) is 7.58. The molecule has 0 radical (unpaired) electrons. The van der Waals surface area contributed by atoms with Crippen LogP contribution in [0, 0.1) is 0 Å². The van der Waals surface area contributed by atoms with Crippen molar-refractivity contribution in [1.82, 2.24) is 10.2 Å². The van der Waals surface area contributed by atoms with Crippen molar-refractivity contribution in [2.45, 2.75) is 13.3 Å². The van der Waals surface area contributed by atoms with Crippen molar-refractivity contribution in [2.24, 2.45) is 0 Å². The maximum atomic E-state index is 5.69. The average molecular weight is 403 g/mol. The number of hydrogen-bond donors (Lipinski definition) is 2. The van der Waals surface area contributed by atoms with Crippen molar-refractivity contribution < 1.29 is 4.74 Å². The van der Waals surface area contributed by atoms with Gasteiger partial charge in [-0.05, 0) is 54.4 Å². The van der Waals surface area contributed by atoms with Crippen molar-refractivity contribution in [3.8, 4) is 27.4 Å². The van der Waals surface area contributed by atoms with Crippen LogP contribution in [0.2, 0.25) is 0 Å². The number of nitrogens with zero attached hydrogens (tertiary/aromatic N) is 2. The molecule has 3 N–H and O–H groups in total. The number of nitrogens with two attached hydrogens (primary N) is 1. The molecule has 4 rings (SSSR count). The predicted molar refractivity (Wildman–Crippen MR) is 121 cm³/mol. The fourth-order valence-corrected chi connectivity index (χ4v) is 3.61. The van der Waals surface area contributed by atoms with E-state index in [-0.39, 0.29) is 0 Å². The molecule has 0 fully saturated rings. The molecular weight excluding hydrogens is 380 g/mol. The summed E-state index contributed by atoms with van der Waals surface area (Å²) in [6, 6.07) is 24.6. The van der Waals surface area contributed by atoms with Gasteiger partial charge in [0.05, 0.1) is 6.61 Å². The third-order valence-corrected chi connectivity index (χ3v) is 5.22. The van der Waals surface area contributed by atoms with Crippen molar-refractivity contribution in [3.63, 3.8) is 0 Å². The molecular formula is C23H22N4OS. The molecule has 146 valence electrons. The Hall–Kier alpha value is -3.38. The monoisotopic (exact) mass is 402 g/mol. The van der Waals surface area contributed by atoms with Gasteiger partial charge in [-0.15, -0.1) is 10.2 Å². The number of benzene rings is 3. The molecule has 0 bridgehead atoms. The van der Waals surface area contributed by atoms with Gasteiger partial charge in [-0.1, -0.05) is 48.6 Å². The van der Waals surface area contributed by atoms with Crippen molar-refractivity contribution >= 4 is 27.8 Å². The van der Waals surface area contributed by atoms with Gasteiger partial charge in [0.15, 0.2) is 0 Å². The molecule has 0 aliphatic rings. The third kappa shape index (κ3) is 4.55. The summed E-state index contributed by atoms with van der Waals surface area (Å²) in [7, 11) is 0. The third-order valence-electron chi connectivity index (χ3n) is 4.42. The molecule has 3 aromatic carbocycles. The Morgan fingerprint density at radius 1 is 0.897 bits per heavy atom. The Morgan fingerprint density at radius 2 is 1.62 bits per heavy atom. The molecule has 1 heterocycles. The first-order valence-electron chi connectivity index (χ1n) is 9.51. The van der Waals surface area contributed by atoms with E-state index in [1.807, 2.05) is 48.5 Å². The first-order chi connectivity index (χ1) is 14.2. The highest BCUT2D eigenvalue weighted by atomic mass is 32.1. The molecule has 4 aromatic rings. The van der Waals surface area contributed by atoms with Crippen molar-refractivity contribution in [2.75, 3.05) is 17.7 Å². The van der Waals surface area contributed by atoms with E-state index in [1.165, 1.54) is 11.3 Å². The van der Waals surface area contributed by atoms with E-state index in [4.69, 9.17) is 10.5 Å². The van der Waals surface area contributed by atoms with E-state index in [1.54, 1.807) is 0 Å². The topological polar surface area (TPSA) is 73.1 Å². The first-order valence-corrected chi connectivity index (χ1v) is 10.3. The summed E-state index contributed by atoms with van der Waals surface area (Å²) in [6.45, 7) is 2.84. The maximum absolute atomic E-state index is 5.69. The van der Waals surface area contributed by atoms with E-state index < -0.39 is 0 Å². The Balaban J connectivity index is 1.54. The van der Waals surface area contributed by atoms with E-state index in [2.05, 4.69) is 46.7 Å². The first kappa shape index (κ1) is 19.0. The molecule has 0 saturated heterocycles. The summed E-state index contributed by atoms with van der Waals surface area (Å²) in [5.74, 6) is 0.897. The largest absolute Gasteiger partial charge is 0.494 e. The minimum absolute atomic E-state index is 0.474. The number of nitrogen functional groups attached to an aromatic ring is 1. The van der Waals surface area contributed by atoms with Crippen LogP contribution in [0.25, 0.3) is 21.7 Å². The number of rotatable bonds is 7. The molecule has 1 aromatic heterocycles. The summed E-state index contributed by atoms with van der Waals surface area (Å²) in [5.41, 5.74) is 11.0. The zero-order valence-corrected chi connectivity index (χ0v) is 16.9. The van der Waals surface area contributed by atoms with Crippen LogP contribution in [0.4, 0.5) is 16.5 Å². The summed E-state index contributed by atoms with van der Waals surface area (Å²) < 4.78 is 5.69. The van der Waals surface area contributed by atoms with Gasteiger partial charge in [0.1, 0.15) is 10.8 Å². The second kappa shape index (κ2) is 8.75. The minimum atomic E-state index is 0.474. The summed E-state index contributed by atoms with van der Waals surface area (Å²) in [4.78, 5) is 0. The van der Waals surface area contributed by atoms with Crippen LogP contribution in [0.15, 0.2) is 72.8 Å². The van der Waals surface area contributed by atoms with Crippen LogP contribution in [-0.4, -0.2) is 16.8 Å². The fraction of sp³-hybridized carbons (Fsp3) is 0.130. The van der Waals surface area contributed by atoms with Gasteiger partial charge >= 0.3 is 0 Å². The molecule has 0 unspecified atom stereocenters. The van der Waals surface area contributed by atoms with Crippen molar-refractivity contribution in [3.05, 3.63) is 72.8 Å². The molecule has 0 atom stereocenters. The number of nitrogens with one attached hydrogen (secondary N) is 1. The number of ether oxygens (including phenoxy) is 1. The second-order valence-electron chi connectivity index (χ2n) is 6.57. The van der Waals surface area contributed by atoms with Crippen LogP contribution >= 0.6 is 11.3 Å². The van der Waals surface area contributed by atoms with Crippen LogP contribution < -0.4 is 15.8 Å². The lowest BCUT2D eigenvalue weighted by atomic mass is 10.0. The highest BCUT2D eigenvalue weighted by molar-refractivity contribution is 7.18. The molecule has 0 aliphatic carbocycles.